The van der Waals surface area contributed by atoms with Crippen molar-refractivity contribution < 1.29 is 42.1 Å². The highest BCUT2D eigenvalue weighted by atomic mass is 32.2. The Labute approximate surface area is 259 Å². The molecule has 1 aliphatic heterocycles. The molecular formula is C31H43N3O9S. The molecule has 4 rings (SSSR count). The molecule has 242 valence electrons. The quantitative estimate of drug-likeness (QED) is 0.302. The fraction of sp³-hybridized carbons (Fsp3) is 0.548. The molecule has 44 heavy (non-hydrogen) atoms. The second kappa shape index (κ2) is 15.1. The zero-order chi connectivity index (χ0) is 31.9. The number of nitrogens with zero attached hydrogens (tertiary/aromatic N) is 1. The first-order chi connectivity index (χ1) is 21.0. The summed E-state index contributed by atoms with van der Waals surface area (Å²) in [6.07, 6.45) is -1.90. The Morgan fingerprint density at radius 3 is 2.36 bits per heavy atom. The number of fused-ring (bicyclic) bond motifs is 1. The number of carbonyl (C=O) groups is 2. The summed E-state index contributed by atoms with van der Waals surface area (Å²) in [6, 6.07) is 14.3. The van der Waals surface area contributed by atoms with Crippen LogP contribution < -0.4 is 15.4 Å². The number of amides is 2. The molecule has 1 aliphatic carbocycles. The van der Waals surface area contributed by atoms with Gasteiger partial charge in [0, 0.05) is 25.4 Å². The SMILES string of the molecule is COC(=O)N[C@H]1CO[C@@H]2C[C@H](OC(=O)N[C@@H](Cc3ccccc3)[C@H](O)CN(CC(C)C)S(=O)(=O)c3ccc(OC)cc3)C[C@H]12. The number of nitrogens with one attached hydrogen (secondary N) is 2. The number of carbonyl (C=O) groups excluding carboxylic acids is 2. The molecule has 2 aromatic carbocycles. The van der Waals surface area contributed by atoms with E-state index >= 15 is 0 Å². The zero-order valence-corrected chi connectivity index (χ0v) is 26.4. The summed E-state index contributed by atoms with van der Waals surface area (Å²) in [6.45, 7) is 4.07. The average molecular weight is 634 g/mol. The molecule has 6 atom stereocenters. The van der Waals surface area contributed by atoms with Crippen LogP contribution in [0.4, 0.5) is 9.59 Å². The third-order valence-corrected chi connectivity index (χ3v) is 9.85. The number of alkyl carbamates (subject to hydrolysis) is 2. The molecule has 1 saturated carbocycles. The lowest BCUT2D eigenvalue weighted by atomic mass is 10.00. The minimum atomic E-state index is -3.97. The zero-order valence-electron chi connectivity index (χ0n) is 25.5. The molecule has 1 heterocycles. The summed E-state index contributed by atoms with van der Waals surface area (Å²) in [5.74, 6) is 0.477. The molecular weight excluding hydrogens is 590 g/mol. The van der Waals surface area contributed by atoms with Gasteiger partial charge in [0.1, 0.15) is 11.9 Å². The van der Waals surface area contributed by atoms with Crippen molar-refractivity contribution in [3.63, 3.8) is 0 Å². The summed E-state index contributed by atoms with van der Waals surface area (Å²) in [5, 5.41) is 17.0. The number of ether oxygens (including phenoxy) is 4. The van der Waals surface area contributed by atoms with Gasteiger partial charge < -0.3 is 34.7 Å². The van der Waals surface area contributed by atoms with Crippen LogP contribution in [0.5, 0.6) is 5.75 Å². The maximum Gasteiger partial charge on any atom is 0.407 e. The van der Waals surface area contributed by atoms with Gasteiger partial charge in [-0.1, -0.05) is 44.2 Å². The molecule has 12 nitrogen and oxygen atoms in total. The van der Waals surface area contributed by atoms with Gasteiger partial charge in [-0.15, -0.1) is 0 Å². The van der Waals surface area contributed by atoms with Crippen LogP contribution in [0.3, 0.4) is 0 Å². The van der Waals surface area contributed by atoms with E-state index in [-0.39, 0.29) is 48.4 Å². The lowest BCUT2D eigenvalue weighted by Gasteiger charge is -2.31. The number of aliphatic hydroxyl groups is 1. The maximum absolute atomic E-state index is 13.7. The van der Waals surface area contributed by atoms with Gasteiger partial charge in [-0.25, -0.2) is 18.0 Å². The summed E-state index contributed by atoms with van der Waals surface area (Å²) in [5.41, 5.74) is 0.853. The highest BCUT2D eigenvalue weighted by molar-refractivity contribution is 7.89. The van der Waals surface area contributed by atoms with E-state index in [0.29, 0.717) is 25.2 Å². The van der Waals surface area contributed by atoms with Gasteiger partial charge in [0.2, 0.25) is 10.0 Å². The second-order valence-electron chi connectivity index (χ2n) is 11.7. The van der Waals surface area contributed by atoms with Crippen molar-refractivity contribution in [1.29, 1.82) is 0 Å². The van der Waals surface area contributed by atoms with Gasteiger partial charge in [-0.2, -0.15) is 4.31 Å². The molecule has 0 bridgehead atoms. The molecule has 2 aliphatic rings. The molecule has 13 heteroatoms. The van der Waals surface area contributed by atoms with Crippen molar-refractivity contribution >= 4 is 22.2 Å². The normalized spacial score (nSPS) is 22.7. The molecule has 0 unspecified atom stereocenters. The summed E-state index contributed by atoms with van der Waals surface area (Å²) >= 11 is 0. The van der Waals surface area contributed by atoms with Crippen LogP contribution in [-0.4, -0.2) is 94.3 Å². The fourth-order valence-corrected chi connectivity index (χ4v) is 7.43. The first-order valence-electron chi connectivity index (χ1n) is 14.8. The number of hydrogen-bond acceptors (Lipinski definition) is 9. The van der Waals surface area contributed by atoms with Crippen LogP contribution in [0.25, 0.3) is 0 Å². The number of benzene rings is 2. The van der Waals surface area contributed by atoms with Crippen molar-refractivity contribution in [3.05, 3.63) is 60.2 Å². The Morgan fingerprint density at radius 1 is 1.02 bits per heavy atom. The van der Waals surface area contributed by atoms with Crippen molar-refractivity contribution in [1.82, 2.24) is 14.9 Å². The number of methoxy groups -OCH3 is 2. The summed E-state index contributed by atoms with van der Waals surface area (Å²) < 4.78 is 50.0. The molecule has 0 radical (unpaired) electrons. The van der Waals surface area contributed by atoms with E-state index in [9.17, 15) is 23.1 Å². The van der Waals surface area contributed by atoms with E-state index in [0.717, 1.165) is 5.56 Å². The molecule has 2 aromatic rings. The minimum Gasteiger partial charge on any atom is -0.497 e. The molecule has 1 saturated heterocycles. The Bertz CT molecular complexity index is 1340. The maximum atomic E-state index is 13.7. The third-order valence-electron chi connectivity index (χ3n) is 8.00. The molecule has 2 amide bonds. The monoisotopic (exact) mass is 633 g/mol. The number of hydrogen-bond donors (Lipinski definition) is 3. The fourth-order valence-electron chi connectivity index (χ4n) is 5.81. The lowest BCUT2D eigenvalue weighted by Crippen LogP contribution is -2.51. The standard InChI is InChI=1S/C31H43N3O9S/c1-20(2)17-34(44(38,39)24-12-10-22(40-3)11-13-24)18-28(35)26(14-21-8-6-5-7-9-21)32-31(37)43-23-15-25-27(33-30(36)41-4)19-42-29(25)16-23/h5-13,20,23,25-29,35H,14-19H2,1-4H3,(H,32,37)(H,33,36)/t23-,25-,26+,27+,28-,29-/m1/s1. The van der Waals surface area contributed by atoms with Crippen LogP contribution in [-0.2, 0) is 30.7 Å². The molecule has 0 aromatic heterocycles. The molecule has 2 fully saturated rings. The topological polar surface area (TPSA) is 153 Å². The highest BCUT2D eigenvalue weighted by Gasteiger charge is 2.47. The van der Waals surface area contributed by atoms with Gasteiger partial charge in [-0.05, 0) is 48.6 Å². The number of rotatable bonds is 13. The van der Waals surface area contributed by atoms with E-state index in [4.69, 9.17) is 18.9 Å². The Kier molecular flexibility index (Phi) is 11.5. The predicted octanol–water partition coefficient (Wildman–Crippen LogP) is 2.94. The van der Waals surface area contributed by atoms with Gasteiger partial charge in [0.15, 0.2) is 0 Å². The van der Waals surface area contributed by atoms with E-state index in [1.165, 1.54) is 30.7 Å². The van der Waals surface area contributed by atoms with E-state index in [1.54, 1.807) is 12.1 Å². The van der Waals surface area contributed by atoms with Gasteiger partial charge in [-0.3, -0.25) is 0 Å². The van der Waals surface area contributed by atoms with Crippen molar-refractivity contribution in [3.8, 4) is 5.75 Å². The largest absolute Gasteiger partial charge is 0.497 e. The summed E-state index contributed by atoms with van der Waals surface area (Å²) in [4.78, 5) is 24.9. The minimum absolute atomic E-state index is 0.0228. The van der Waals surface area contributed by atoms with Crippen LogP contribution in [0.15, 0.2) is 59.5 Å². The van der Waals surface area contributed by atoms with Crippen LogP contribution >= 0.6 is 0 Å². The van der Waals surface area contributed by atoms with Crippen LogP contribution in [0.1, 0.15) is 32.3 Å². The first-order valence-corrected chi connectivity index (χ1v) is 16.2. The van der Waals surface area contributed by atoms with E-state index in [2.05, 4.69) is 10.6 Å². The predicted molar refractivity (Wildman–Crippen MR) is 162 cm³/mol. The molecule has 3 N–H and O–H groups in total. The van der Waals surface area contributed by atoms with Crippen molar-refractivity contribution in [2.24, 2.45) is 11.8 Å². The smallest absolute Gasteiger partial charge is 0.407 e. The molecule has 0 spiro atoms. The second-order valence-corrected chi connectivity index (χ2v) is 13.6. The van der Waals surface area contributed by atoms with Gasteiger partial charge >= 0.3 is 12.2 Å². The van der Waals surface area contributed by atoms with E-state index in [1.807, 2.05) is 44.2 Å². The van der Waals surface area contributed by atoms with E-state index < -0.39 is 40.5 Å². The summed E-state index contributed by atoms with van der Waals surface area (Å²) in [7, 11) is -1.18. The average Bonchev–Trinajstić information content (AvgIpc) is 3.57. The van der Waals surface area contributed by atoms with Crippen LogP contribution in [0.2, 0.25) is 0 Å². The van der Waals surface area contributed by atoms with Gasteiger partial charge in [0.25, 0.3) is 0 Å². The van der Waals surface area contributed by atoms with Gasteiger partial charge in [0.05, 0.1) is 50.0 Å². The number of sulfonamides is 1. The highest BCUT2D eigenvalue weighted by Crippen LogP contribution is 2.38. The Morgan fingerprint density at radius 2 is 1.73 bits per heavy atom. The van der Waals surface area contributed by atoms with Crippen LogP contribution in [0, 0.1) is 11.8 Å². The Hall–Kier alpha value is -3.39. The van der Waals surface area contributed by atoms with Crippen molar-refractivity contribution in [2.45, 2.75) is 68.4 Å². The first kappa shape index (κ1) is 33.5. The third kappa shape index (κ3) is 8.62. The Balaban J connectivity index is 1.46. The lowest BCUT2D eigenvalue weighted by molar-refractivity contribution is 0.0537. The number of aliphatic hydroxyl groups excluding tert-OH is 1. The van der Waals surface area contributed by atoms with Crippen molar-refractivity contribution in [2.75, 3.05) is 33.9 Å².